The van der Waals surface area contributed by atoms with Crippen LogP contribution in [-0.2, 0) is 10.7 Å². The molecule has 0 unspecified atom stereocenters. The molecule has 0 N–H and O–H groups in total. The average molecular weight is 420 g/mol. The maximum absolute atomic E-state index is 8.67. The first-order valence-corrected chi connectivity index (χ1v) is 8.91. The van der Waals surface area contributed by atoms with E-state index in [4.69, 9.17) is 10.5 Å². The van der Waals surface area contributed by atoms with E-state index in [2.05, 4.69) is 44.0 Å². The molecule has 0 saturated heterocycles. The zero-order valence-electron chi connectivity index (χ0n) is 12.5. The molecule has 0 aliphatic rings. The molecule has 0 spiro atoms. The second-order valence-electron chi connectivity index (χ2n) is 4.73. The summed E-state index contributed by atoms with van der Waals surface area (Å²) in [5.41, 5.74) is 5.98. The number of alkyl halides is 2. The lowest BCUT2D eigenvalue weighted by atomic mass is 10.1. The monoisotopic (exact) mass is 418 g/mol. The quantitative estimate of drug-likeness (QED) is 0.601. The maximum atomic E-state index is 8.67. The minimum atomic E-state index is 0.766. The fraction of sp³-hybridized carbons (Fsp3) is 0.222. The normalized spacial score (nSPS) is 9.18. The number of nitriles is 2. The highest BCUT2D eigenvalue weighted by atomic mass is 79.9. The van der Waals surface area contributed by atoms with Gasteiger partial charge in [0.25, 0.3) is 0 Å². The van der Waals surface area contributed by atoms with Gasteiger partial charge in [-0.3, -0.25) is 0 Å². The van der Waals surface area contributed by atoms with Crippen molar-refractivity contribution in [2.75, 3.05) is 0 Å². The SMILES string of the molecule is Cc1c(C#N)cccc1CBr.Cc1ccc(CBr)cc1C#N. The Morgan fingerprint density at radius 2 is 1.59 bits per heavy atom. The molecule has 2 aromatic rings. The summed E-state index contributed by atoms with van der Waals surface area (Å²) in [6.45, 7) is 3.91. The Morgan fingerprint density at radius 1 is 0.909 bits per heavy atom. The van der Waals surface area contributed by atoms with Crippen LogP contribution >= 0.6 is 31.9 Å². The minimum absolute atomic E-state index is 0.766. The van der Waals surface area contributed by atoms with Gasteiger partial charge in [-0.25, -0.2) is 0 Å². The van der Waals surface area contributed by atoms with Crippen molar-refractivity contribution in [3.63, 3.8) is 0 Å². The molecule has 0 aromatic heterocycles. The Labute approximate surface area is 148 Å². The van der Waals surface area contributed by atoms with E-state index in [1.807, 2.05) is 50.2 Å². The fourth-order valence-corrected chi connectivity index (χ4v) is 2.78. The summed E-state index contributed by atoms with van der Waals surface area (Å²) in [6, 6.07) is 15.9. The van der Waals surface area contributed by atoms with E-state index < -0.39 is 0 Å². The number of rotatable bonds is 2. The average Bonchev–Trinajstić information content (AvgIpc) is 2.56. The van der Waals surface area contributed by atoms with Gasteiger partial charge in [0, 0.05) is 10.7 Å². The third-order valence-corrected chi connectivity index (χ3v) is 4.54. The van der Waals surface area contributed by atoms with Crippen LogP contribution in [0.5, 0.6) is 0 Å². The molecule has 0 atom stereocenters. The largest absolute Gasteiger partial charge is 0.192 e. The number of hydrogen-bond acceptors (Lipinski definition) is 2. The van der Waals surface area contributed by atoms with Gasteiger partial charge in [-0.1, -0.05) is 56.1 Å². The fourth-order valence-electron chi connectivity index (χ4n) is 1.82. The molecule has 22 heavy (non-hydrogen) atoms. The molecule has 0 fully saturated rings. The summed E-state index contributed by atoms with van der Waals surface area (Å²) in [5, 5.41) is 19.0. The Hall–Kier alpha value is -1.62. The number of benzene rings is 2. The van der Waals surface area contributed by atoms with E-state index in [-0.39, 0.29) is 0 Å². The molecule has 0 radical (unpaired) electrons. The van der Waals surface area contributed by atoms with E-state index in [1.54, 1.807) is 0 Å². The smallest absolute Gasteiger partial charge is 0.0994 e. The van der Waals surface area contributed by atoms with Gasteiger partial charge in [-0.05, 0) is 48.2 Å². The van der Waals surface area contributed by atoms with E-state index in [1.165, 1.54) is 5.56 Å². The summed E-state index contributed by atoms with van der Waals surface area (Å²) in [4.78, 5) is 0. The van der Waals surface area contributed by atoms with Gasteiger partial charge in [0.1, 0.15) is 0 Å². The minimum Gasteiger partial charge on any atom is -0.192 e. The van der Waals surface area contributed by atoms with E-state index in [0.717, 1.165) is 38.5 Å². The van der Waals surface area contributed by atoms with Crippen molar-refractivity contribution in [2.24, 2.45) is 0 Å². The molecule has 0 saturated carbocycles. The van der Waals surface area contributed by atoms with Crippen molar-refractivity contribution in [3.8, 4) is 12.1 Å². The Balaban J connectivity index is 0.000000220. The predicted molar refractivity (Wildman–Crippen MR) is 97.1 cm³/mol. The number of nitrogens with zero attached hydrogens (tertiary/aromatic N) is 2. The summed E-state index contributed by atoms with van der Waals surface area (Å²) >= 11 is 6.70. The van der Waals surface area contributed by atoms with Crippen molar-refractivity contribution in [2.45, 2.75) is 24.5 Å². The van der Waals surface area contributed by atoms with E-state index in [9.17, 15) is 0 Å². The number of halogens is 2. The summed E-state index contributed by atoms with van der Waals surface area (Å²) in [6.07, 6.45) is 0. The van der Waals surface area contributed by atoms with Crippen molar-refractivity contribution in [1.82, 2.24) is 0 Å². The molecular weight excluding hydrogens is 404 g/mol. The highest BCUT2D eigenvalue weighted by Crippen LogP contribution is 2.15. The summed E-state index contributed by atoms with van der Waals surface area (Å²) < 4.78 is 0. The highest BCUT2D eigenvalue weighted by molar-refractivity contribution is 9.08. The molecule has 0 amide bonds. The zero-order chi connectivity index (χ0) is 16.5. The van der Waals surface area contributed by atoms with Gasteiger partial charge in [0.05, 0.1) is 23.3 Å². The van der Waals surface area contributed by atoms with Crippen LogP contribution in [0.25, 0.3) is 0 Å². The lowest BCUT2D eigenvalue weighted by molar-refractivity contribution is 1.29. The molecule has 0 aliphatic heterocycles. The molecule has 0 aliphatic carbocycles. The van der Waals surface area contributed by atoms with Gasteiger partial charge in [0.15, 0.2) is 0 Å². The second kappa shape index (κ2) is 9.41. The molecule has 2 aromatic carbocycles. The molecule has 112 valence electrons. The first-order valence-electron chi connectivity index (χ1n) is 6.67. The van der Waals surface area contributed by atoms with E-state index >= 15 is 0 Å². The molecule has 2 rings (SSSR count). The molecule has 0 bridgehead atoms. The maximum Gasteiger partial charge on any atom is 0.0994 e. The Morgan fingerprint density at radius 3 is 2.14 bits per heavy atom. The van der Waals surface area contributed by atoms with Gasteiger partial charge < -0.3 is 0 Å². The van der Waals surface area contributed by atoms with Gasteiger partial charge in [-0.15, -0.1) is 0 Å². The van der Waals surface area contributed by atoms with Crippen LogP contribution in [0, 0.1) is 36.5 Å². The first-order chi connectivity index (χ1) is 10.6. The third kappa shape index (κ3) is 4.98. The number of aryl methyl sites for hydroxylation is 1. The van der Waals surface area contributed by atoms with Crippen molar-refractivity contribution >= 4 is 31.9 Å². The predicted octanol–water partition coefficient (Wildman–Crippen LogP) is 5.52. The zero-order valence-corrected chi connectivity index (χ0v) is 15.7. The van der Waals surface area contributed by atoms with Crippen LogP contribution in [-0.4, -0.2) is 0 Å². The topological polar surface area (TPSA) is 47.6 Å². The van der Waals surface area contributed by atoms with E-state index in [0.29, 0.717) is 0 Å². The summed E-state index contributed by atoms with van der Waals surface area (Å²) in [7, 11) is 0. The Kier molecular flexibility index (Phi) is 7.88. The molecule has 2 nitrogen and oxygen atoms in total. The van der Waals surface area contributed by atoms with Crippen LogP contribution < -0.4 is 0 Å². The van der Waals surface area contributed by atoms with Gasteiger partial charge in [0.2, 0.25) is 0 Å². The van der Waals surface area contributed by atoms with Crippen LogP contribution in [0.2, 0.25) is 0 Å². The second-order valence-corrected chi connectivity index (χ2v) is 5.85. The first kappa shape index (κ1) is 18.4. The van der Waals surface area contributed by atoms with Crippen molar-refractivity contribution in [3.05, 3.63) is 69.8 Å². The van der Waals surface area contributed by atoms with Gasteiger partial charge in [-0.2, -0.15) is 10.5 Å². The molecule has 4 heteroatoms. The van der Waals surface area contributed by atoms with Crippen LogP contribution in [0.1, 0.15) is 33.4 Å². The lowest BCUT2D eigenvalue weighted by Crippen LogP contribution is -1.87. The highest BCUT2D eigenvalue weighted by Gasteiger charge is 2.00. The van der Waals surface area contributed by atoms with Crippen LogP contribution in [0.3, 0.4) is 0 Å². The third-order valence-electron chi connectivity index (χ3n) is 3.29. The van der Waals surface area contributed by atoms with Crippen molar-refractivity contribution in [1.29, 1.82) is 10.5 Å². The van der Waals surface area contributed by atoms with Gasteiger partial charge >= 0.3 is 0 Å². The molecular formula is C18H16Br2N2. The van der Waals surface area contributed by atoms with Crippen LogP contribution in [0.15, 0.2) is 36.4 Å². The molecule has 0 heterocycles. The summed E-state index contributed by atoms with van der Waals surface area (Å²) in [5.74, 6) is 0. The van der Waals surface area contributed by atoms with Crippen LogP contribution in [0.4, 0.5) is 0 Å². The number of hydrogen-bond donors (Lipinski definition) is 0. The standard InChI is InChI=1S/2C9H8BrN/c1-7-2-3-8(5-10)4-9(7)6-11;1-7-8(5-10)3-2-4-9(7)6-11/h2*2-4H,5H2,1H3. The lowest BCUT2D eigenvalue weighted by Gasteiger charge is -2.01. The van der Waals surface area contributed by atoms with Crippen molar-refractivity contribution < 1.29 is 0 Å². The Bertz CT molecular complexity index is 713.